The maximum absolute atomic E-state index is 16.4. The van der Waals surface area contributed by atoms with Crippen LogP contribution in [0.5, 0.6) is 0 Å². The van der Waals surface area contributed by atoms with Crippen molar-refractivity contribution in [3.8, 4) is 0 Å². The Morgan fingerprint density at radius 2 is 1.76 bits per heavy atom. The van der Waals surface area contributed by atoms with Gasteiger partial charge in [0.15, 0.2) is 5.82 Å². The third-order valence-electron chi connectivity index (χ3n) is 9.08. The van der Waals surface area contributed by atoms with Crippen LogP contribution in [0.2, 0.25) is 0 Å². The predicted molar refractivity (Wildman–Crippen MR) is 172 cm³/mol. The Morgan fingerprint density at radius 1 is 1.07 bits per heavy atom. The lowest BCUT2D eigenvalue weighted by Crippen LogP contribution is -2.37. The number of benzene rings is 2. The van der Waals surface area contributed by atoms with Gasteiger partial charge in [0.25, 0.3) is 0 Å². The van der Waals surface area contributed by atoms with Crippen molar-refractivity contribution in [1.82, 2.24) is 25.1 Å². The molecule has 11 heteroatoms. The second-order valence-electron chi connectivity index (χ2n) is 14.0. The minimum absolute atomic E-state index is 0.0999. The Bertz CT molecular complexity index is 1540. The van der Waals surface area contributed by atoms with Gasteiger partial charge in [0.05, 0.1) is 17.5 Å². The quantitative estimate of drug-likeness (QED) is 0.305. The molecule has 3 amide bonds. The molecule has 0 spiro atoms. The van der Waals surface area contributed by atoms with E-state index in [1.807, 2.05) is 30.3 Å². The molecular formula is C35H46FN5O5. The molecule has 10 nitrogen and oxygen atoms in total. The Hall–Kier alpha value is -4.15. The predicted octanol–water partition coefficient (Wildman–Crippen LogP) is 6.53. The molecule has 1 saturated heterocycles. The fourth-order valence-corrected chi connectivity index (χ4v) is 6.61. The van der Waals surface area contributed by atoms with Gasteiger partial charge in [0.2, 0.25) is 5.91 Å². The van der Waals surface area contributed by atoms with Crippen molar-refractivity contribution >= 4 is 29.1 Å². The lowest BCUT2D eigenvalue weighted by atomic mass is 9.79. The molecule has 0 radical (unpaired) electrons. The Labute approximate surface area is 270 Å². The number of aromatic nitrogens is 2. The maximum Gasteiger partial charge on any atom is 0.410 e. The van der Waals surface area contributed by atoms with Crippen LogP contribution in [-0.4, -0.2) is 70.6 Å². The number of rotatable bonds is 7. The van der Waals surface area contributed by atoms with Gasteiger partial charge >= 0.3 is 12.2 Å². The Balaban J connectivity index is 1.43. The number of hydrogen-bond donors (Lipinski definition) is 2. The van der Waals surface area contributed by atoms with Gasteiger partial charge < -0.3 is 29.6 Å². The Kier molecular flexibility index (Phi) is 9.88. The van der Waals surface area contributed by atoms with E-state index in [9.17, 15) is 14.4 Å². The molecule has 3 aromatic rings. The van der Waals surface area contributed by atoms with E-state index >= 15 is 4.39 Å². The van der Waals surface area contributed by atoms with Gasteiger partial charge in [0, 0.05) is 33.1 Å². The summed E-state index contributed by atoms with van der Waals surface area (Å²) >= 11 is 0. The van der Waals surface area contributed by atoms with Crippen molar-refractivity contribution in [2.24, 2.45) is 17.8 Å². The van der Waals surface area contributed by atoms with Gasteiger partial charge in [-0.3, -0.25) is 4.79 Å². The van der Waals surface area contributed by atoms with E-state index in [-0.39, 0.29) is 37.0 Å². The molecule has 5 rings (SSSR count). The van der Waals surface area contributed by atoms with Crippen molar-refractivity contribution in [2.75, 3.05) is 27.2 Å². The molecule has 1 saturated carbocycles. The normalized spacial score (nSPS) is 22.4. The largest absolute Gasteiger partial charge is 0.445 e. The van der Waals surface area contributed by atoms with Crippen LogP contribution >= 0.6 is 0 Å². The summed E-state index contributed by atoms with van der Waals surface area (Å²) in [6.07, 6.45) is 2.74. The van der Waals surface area contributed by atoms with Gasteiger partial charge in [-0.15, -0.1) is 0 Å². The lowest BCUT2D eigenvalue weighted by Gasteiger charge is -2.32. The number of halogens is 1. The summed E-state index contributed by atoms with van der Waals surface area (Å²) in [6, 6.07) is 12.4. The number of H-pyrrole nitrogens is 1. The highest BCUT2D eigenvalue weighted by Gasteiger charge is 2.44. The molecule has 1 aliphatic carbocycles. The monoisotopic (exact) mass is 635 g/mol. The average Bonchev–Trinajstić information content (AvgIpc) is 3.65. The summed E-state index contributed by atoms with van der Waals surface area (Å²) in [6.45, 7) is 7.96. The molecule has 1 aliphatic heterocycles. The molecule has 2 heterocycles. The third-order valence-corrected chi connectivity index (χ3v) is 9.08. The molecule has 46 heavy (non-hydrogen) atoms. The van der Waals surface area contributed by atoms with Crippen LogP contribution in [0.15, 0.2) is 42.5 Å². The molecule has 2 aromatic carbocycles. The zero-order valence-electron chi connectivity index (χ0n) is 27.6. The molecule has 2 fully saturated rings. The van der Waals surface area contributed by atoms with Crippen molar-refractivity contribution in [3.63, 3.8) is 0 Å². The van der Waals surface area contributed by atoms with Crippen LogP contribution in [-0.2, 0) is 20.9 Å². The molecule has 3 atom stereocenters. The summed E-state index contributed by atoms with van der Waals surface area (Å²) in [7, 11) is 3.30. The number of amides is 3. The number of carbonyl (C=O) groups is 3. The first kappa shape index (κ1) is 33.2. The summed E-state index contributed by atoms with van der Waals surface area (Å²) in [5, 5.41) is 3.02. The number of fused-ring (bicyclic) bond motifs is 1. The number of alkyl carbamates (subject to hydrolysis) is 1. The minimum atomic E-state index is -0.708. The molecule has 2 unspecified atom stereocenters. The number of hydrogen-bond acceptors (Lipinski definition) is 6. The first-order chi connectivity index (χ1) is 21.8. The SMILES string of the molecule is CC1CCC([C@H](NC(=O)OCc2ccccc2)c2nc3c(F)c(C4CN(C(=O)OC(C)(C)C)CC4C(=O)N(C)C)ccc3[nH]2)CC1. The first-order valence-electron chi connectivity index (χ1n) is 16.1. The van der Waals surface area contributed by atoms with Gasteiger partial charge in [-0.05, 0) is 62.6 Å². The summed E-state index contributed by atoms with van der Waals surface area (Å²) in [4.78, 5) is 50.2. The van der Waals surface area contributed by atoms with Crippen molar-refractivity contribution in [1.29, 1.82) is 0 Å². The van der Waals surface area contributed by atoms with Gasteiger partial charge in [0.1, 0.15) is 23.5 Å². The van der Waals surface area contributed by atoms with Gasteiger partial charge in [-0.1, -0.05) is 56.2 Å². The number of nitrogens with one attached hydrogen (secondary N) is 2. The third kappa shape index (κ3) is 7.62. The standard InChI is InChI=1S/C35H46FN5O5/c1-21-12-14-23(15-13-21)29(39-33(43)45-20-22-10-8-7-9-11-22)31-37-27-17-16-24(28(36)30(27)38-31)25-18-41(34(44)46-35(2,3)4)19-26(25)32(42)40(5)6/h7-11,16-17,21,23,25-26,29H,12-15,18-20H2,1-6H3,(H,37,38)(H,39,43)/t21?,23?,25?,26?,29-/m0/s1. The number of imidazole rings is 1. The smallest absolute Gasteiger partial charge is 0.410 e. The van der Waals surface area contributed by atoms with Crippen molar-refractivity contribution < 1.29 is 28.2 Å². The molecule has 248 valence electrons. The first-order valence-corrected chi connectivity index (χ1v) is 16.1. The van der Waals surface area contributed by atoms with Crippen LogP contribution in [0.25, 0.3) is 11.0 Å². The fourth-order valence-electron chi connectivity index (χ4n) is 6.61. The van der Waals surface area contributed by atoms with E-state index in [0.29, 0.717) is 22.8 Å². The second-order valence-corrected chi connectivity index (χ2v) is 14.0. The van der Waals surface area contributed by atoms with Crippen LogP contribution in [0.1, 0.15) is 82.3 Å². The maximum atomic E-state index is 16.4. The summed E-state index contributed by atoms with van der Waals surface area (Å²) in [5.74, 6) is -0.812. The highest BCUT2D eigenvalue weighted by molar-refractivity contribution is 5.83. The number of nitrogens with zero attached hydrogens (tertiary/aromatic N) is 3. The number of carbonyl (C=O) groups excluding carboxylic acids is 3. The van der Waals surface area contributed by atoms with E-state index in [4.69, 9.17) is 14.5 Å². The molecule has 2 N–H and O–H groups in total. The second kappa shape index (κ2) is 13.7. The van der Waals surface area contributed by atoms with E-state index in [1.54, 1.807) is 47.0 Å². The van der Waals surface area contributed by atoms with Gasteiger partial charge in [-0.2, -0.15) is 0 Å². The van der Waals surface area contributed by atoms with Gasteiger partial charge in [-0.25, -0.2) is 19.0 Å². The highest BCUT2D eigenvalue weighted by atomic mass is 19.1. The topological polar surface area (TPSA) is 117 Å². The minimum Gasteiger partial charge on any atom is -0.445 e. The molecule has 1 aromatic heterocycles. The van der Waals surface area contributed by atoms with Crippen LogP contribution in [0.3, 0.4) is 0 Å². The zero-order valence-corrected chi connectivity index (χ0v) is 27.6. The summed E-state index contributed by atoms with van der Waals surface area (Å²) < 4.78 is 27.6. The van der Waals surface area contributed by atoms with E-state index in [2.05, 4.69) is 17.2 Å². The lowest BCUT2D eigenvalue weighted by molar-refractivity contribution is -0.132. The van der Waals surface area contributed by atoms with Crippen LogP contribution in [0, 0.1) is 23.6 Å². The fraction of sp³-hybridized carbons (Fsp3) is 0.543. The van der Waals surface area contributed by atoms with Crippen LogP contribution < -0.4 is 5.32 Å². The number of likely N-dealkylation sites (tertiary alicyclic amines) is 1. The average molecular weight is 636 g/mol. The van der Waals surface area contributed by atoms with Crippen LogP contribution in [0.4, 0.5) is 14.0 Å². The zero-order chi connectivity index (χ0) is 33.2. The van der Waals surface area contributed by atoms with E-state index < -0.39 is 41.5 Å². The highest BCUT2D eigenvalue weighted by Crippen LogP contribution is 2.40. The van der Waals surface area contributed by atoms with E-state index in [0.717, 1.165) is 31.2 Å². The molecule has 2 aliphatic rings. The number of ether oxygens (including phenoxy) is 2. The number of aromatic amines is 1. The van der Waals surface area contributed by atoms with Crippen molar-refractivity contribution in [3.05, 3.63) is 65.2 Å². The molecule has 0 bridgehead atoms. The summed E-state index contributed by atoms with van der Waals surface area (Å²) in [5.41, 5.74) is 1.10. The van der Waals surface area contributed by atoms with E-state index in [1.165, 1.54) is 9.80 Å². The molecular weight excluding hydrogens is 589 g/mol. The van der Waals surface area contributed by atoms with Crippen molar-refractivity contribution in [2.45, 2.75) is 77.5 Å². The Morgan fingerprint density at radius 3 is 2.41 bits per heavy atom.